The van der Waals surface area contributed by atoms with Gasteiger partial charge in [-0.2, -0.15) is 4.98 Å². The first-order chi connectivity index (χ1) is 12.0. The minimum Gasteiger partial charge on any atom is -0.453 e. The number of hydrogen-bond donors (Lipinski definition) is 1. The topological polar surface area (TPSA) is 94.3 Å². The maximum absolute atomic E-state index is 11.9. The van der Waals surface area contributed by atoms with Gasteiger partial charge in [-0.1, -0.05) is 35.0 Å². The Morgan fingerprint density at radius 2 is 2.04 bits per heavy atom. The molecule has 1 amide bonds. The van der Waals surface area contributed by atoms with E-state index in [0.717, 1.165) is 24.0 Å². The average molecular weight is 343 g/mol. The van der Waals surface area contributed by atoms with Crippen molar-refractivity contribution >= 4 is 11.9 Å². The van der Waals surface area contributed by atoms with Crippen molar-refractivity contribution in [2.24, 2.45) is 0 Å². The van der Waals surface area contributed by atoms with Crippen LogP contribution in [0.15, 0.2) is 28.8 Å². The summed E-state index contributed by atoms with van der Waals surface area (Å²) < 4.78 is 10.3. The van der Waals surface area contributed by atoms with Crippen LogP contribution in [0.3, 0.4) is 0 Å². The number of esters is 1. The van der Waals surface area contributed by atoms with Gasteiger partial charge >= 0.3 is 5.97 Å². The Hall–Kier alpha value is -2.70. The molecule has 1 heterocycles. The summed E-state index contributed by atoms with van der Waals surface area (Å²) in [6.07, 6.45) is 1.55. The summed E-state index contributed by atoms with van der Waals surface area (Å²) >= 11 is 0. The van der Waals surface area contributed by atoms with Crippen LogP contribution in [-0.4, -0.2) is 34.2 Å². The van der Waals surface area contributed by atoms with Crippen molar-refractivity contribution in [2.75, 3.05) is 0 Å². The standard InChI is InChI=1S/C18H21N3O4/c1-11-3-5-13(6-4-11)17-20-15(25-21-17)9-10-16(22)24-12(2)18(23)19-14-7-8-14/h3-6,12,14H,7-10H2,1-2H3,(H,19,23)/t12-/m0/s1. The highest BCUT2D eigenvalue weighted by Crippen LogP contribution is 2.19. The second-order valence-electron chi connectivity index (χ2n) is 6.29. The summed E-state index contributed by atoms with van der Waals surface area (Å²) in [5, 5.41) is 6.72. The normalized spacial score (nSPS) is 14.8. The molecule has 2 aromatic rings. The van der Waals surface area contributed by atoms with Crippen LogP contribution in [0.4, 0.5) is 0 Å². The van der Waals surface area contributed by atoms with E-state index in [2.05, 4.69) is 15.5 Å². The number of hydrogen-bond acceptors (Lipinski definition) is 6. The molecule has 1 aliphatic rings. The van der Waals surface area contributed by atoms with Crippen molar-refractivity contribution in [2.45, 2.75) is 51.7 Å². The highest BCUT2D eigenvalue weighted by atomic mass is 16.5. The Balaban J connectivity index is 1.47. The molecule has 0 radical (unpaired) electrons. The van der Waals surface area contributed by atoms with E-state index in [1.807, 2.05) is 31.2 Å². The van der Waals surface area contributed by atoms with Crippen LogP contribution < -0.4 is 5.32 Å². The molecule has 132 valence electrons. The van der Waals surface area contributed by atoms with Crippen LogP contribution in [-0.2, 0) is 20.7 Å². The SMILES string of the molecule is Cc1ccc(-c2noc(CCC(=O)O[C@@H](C)C(=O)NC3CC3)n2)cc1. The number of carbonyl (C=O) groups is 2. The van der Waals surface area contributed by atoms with Gasteiger partial charge in [-0.05, 0) is 26.7 Å². The second-order valence-corrected chi connectivity index (χ2v) is 6.29. The molecule has 3 rings (SSSR count). The van der Waals surface area contributed by atoms with Gasteiger partial charge in [-0.15, -0.1) is 0 Å². The molecule has 1 aliphatic carbocycles. The van der Waals surface area contributed by atoms with E-state index in [-0.39, 0.29) is 24.8 Å². The van der Waals surface area contributed by atoms with Gasteiger partial charge in [-0.3, -0.25) is 9.59 Å². The average Bonchev–Trinajstić information content (AvgIpc) is 3.28. The Kier molecular flexibility index (Phi) is 5.11. The molecule has 0 unspecified atom stereocenters. The van der Waals surface area contributed by atoms with E-state index in [4.69, 9.17) is 9.26 Å². The van der Waals surface area contributed by atoms with Crippen molar-refractivity contribution in [3.05, 3.63) is 35.7 Å². The second kappa shape index (κ2) is 7.46. The molecule has 25 heavy (non-hydrogen) atoms. The largest absolute Gasteiger partial charge is 0.453 e. The smallest absolute Gasteiger partial charge is 0.307 e. The highest BCUT2D eigenvalue weighted by Gasteiger charge is 2.27. The fraction of sp³-hybridized carbons (Fsp3) is 0.444. The molecular weight excluding hydrogens is 322 g/mol. The lowest BCUT2D eigenvalue weighted by molar-refractivity contribution is -0.154. The Bertz CT molecular complexity index is 750. The Morgan fingerprint density at radius 3 is 2.72 bits per heavy atom. The van der Waals surface area contributed by atoms with Crippen molar-refractivity contribution in [1.29, 1.82) is 0 Å². The predicted octanol–water partition coefficient (Wildman–Crippen LogP) is 2.19. The molecule has 0 bridgehead atoms. The van der Waals surface area contributed by atoms with Gasteiger partial charge in [0.2, 0.25) is 11.7 Å². The van der Waals surface area contributed by atoms with E-state index in [0.29, 0.717) is 11.7 Å². The van der Waals surface area contributed by atoms with Crippen LogP contribution in [0.2, 0.25) is 0 Å². The number of aromatic nitrogens is 2. The third-order valence-electron chi connectivity index (χ3n) is 3.92. The first kappa shape index (κ1) is 17.1. The summed E-state index contributed by atoms with van der Waals surface area (Å²) in [6.45, 7) is 3.57. The van der Waals surface area contributed by atoms with E-state index >= 15 is 0 Å². The van der Waals surface area contributed by atoms with Crippen molar-refractivity contribution in [3.8, 4) is 11.4 Å². The first-order valence-electron chi connectivity index (χ1n) is 8.41. The molecule has 1 atom stereocenters. The lowest BCUT2D eigenvalue weighted by Gasteiger charge is -2.12. The minimum atomic E-state index is -0.793. The van der Waals surface area contributed by atoms with Gasteiger partial charge < -0.3 is 14.6 Å². The van der Waals surface area contributed by atoms with E-state index < -0.39 is 12.1 Å². The summed E-state index contributed by atoms with van der Waals surface area (Å²) in [7, 11) is 0. The molecule has 7 heteroatoms. The zero-order chi connectivity index (χ0) is 17.8. The van der Waals surface area contributed by atoms with Crippen molar-refractivity contribution in [3.63, 3.8) is 0 Å². The molecule has 1 saturated carbocycles. The maximum atomic E-state index is 11.9. The molecular formula is C18H21N3O4. The molecule has 1 aromatic carbocycles. The molecule has 0 spiro atoms. The van der Waals surface area contributed by atoms with Crippen LogP contribution in [0.5, 0.6) is 0 Å². The quantitative estimate of drug-likeness (QED) is 0.775. The molecule has 1 fully saturated rings. The highest BCUT2D eigenvalue weighted by molar-refractivity contribution is 5.83. The zero-order valence-corrected chi connectivity index (χ0v) is 14.3. The molecule has 0 aliphatic heterocycles. The van der Waals surface area contributed by atoms with Crippen LogP contribution in [0.1, 0.15) is 37.6 Å². The van der Waals surface area contributed by atoms with Gasteiger partial charge in [0.05, 0.1) is 6.42 Å². The van der Waals surface area contributed by atoms with E-state index in [1.54, 1.807) is 6.92 Å². The third-order valence-corrected chi connectivity index (χ3v) is 3.92. The molecule has 1 N–H and O–H groups in total. The lowest BCUT2D eigenvalue weighted by atomic mass is 10.1. The number of nitrogens with one attached hydrogen (secondary N) is 1. The monoisotopic (exact) mass is 343 g/mol. The number of aryl methyl sites for hydroxylation is 2. The van der Waals surface area contributed by atoms with Crippen molar-refractivity contribution < 1.29 is 18.8 Å². The van der Waals surface area contributed by atoms with Gasteiger partial charge in [0.25, 0.3) is 5.91 Å². The summed E-state index contributed by atoms with van der Waals surface area (Å²) in [5.41, 5.74) is 2.00. The van der Waals surface area contributed by atoms with E-state index in [1.165, 1.54) is 0 Å². The minimum absolute atomic E-state index is 0.0799. The van der Waals surface area contributed by atoms with Gasteiger partial charge in [-0.25, -0.2) is 0 Å². The zero-order valence-electron chi connectivity index (χ0n) is 14.3. The summed E-state index contributed by atoms with van der Waals surface area (Å²) in [4.78, 5) is 27.9. The van der Waals surface area contributed by atoms with Crippen LogP contribution in [0.25, 0.3) is 11.4 Å². The number of nitrogens with zero attached hydrogens (tertiary/aromatic N) is 2. The number of rotatable bonds is 7. The fourth-order valence-electron chi connectivity index (χ4n) is 2.24. The lowest BCUT2D eigenvalue weighted by Crippen LogP contribution is -2.37. The van der Waals surface area contributed by atoms with E-state index in [9.17, 15) is 9.59 Å². The van der Waals surface area contributed by atoms with Crippen LogP contribution in [0, 0.1) is 6.92 Å². The Morgan fingerprint density at radius 1 is 1.32 bits per heavy atom. The number of benzene rings is 1. The summed E-state index contributed by atoms with van der Waals surface area (Å²) in [5.74, 6) is 0.131. The first-order valence-corrected chi connectivity index (χ1v) is 8.41. The maximum Gasteiger partial charge on any atom is 0.307 e. The van der Waals surface area contributed by atoms with Gasteiger partial charge in [0, 0.05) is 18.0 Å². The molecule has 7 nitrogen and oxygen atoms in total. The molecule has 0 saturated heterocycles. The number of carbonyl (C=O) groups excluding carboxylic acids is 2. The number of ether oxygens (including phenoxy) is 1. The fourth-order valence-corrected chi connectivity index (χ4v) is 2.24. The van der Waals surface area contributed by atoms with Gasteiger partial charge in [0.15, 0.2) is 6.10 Å². The van der Waals surface area contributed by atoms with Crippen molar-refractivity contribution in [1.82, 2.24) is 15.5 Å². The third kappa shape index (κ3) is 4.89. The predicted molar refractivity (Wildman–Crippen MR) is 89.5 cm³/mol. The summed E-state index contributed by atoms with van der Waals surface area (Å²) in [6, 6.07) is 8.01. The molecule has 1 aromatic heterocycles. The number of amides is 1. The van der Waals surface area contributed by atoms with Crippen LogP contribution >= 0.6 is 0 Å². The Labute approximate surface area is 145 Å². The van der Waals surface area contributed by atoms with Gasteiger partial charge in [0.1, 0.15) is 0 Å².